The van der Waals surface area contributed by atoms with E-state index in [1.54, 1.807) is 0 Å². The second kappa shape index (κ2) is 6.61. The zero-order chi connectivity index (χ0) is 14.7. The van der Waals surface area contributed by atoms with Crippen molar-refractivity contribution in [1.82, 2.24) is 10.6 Å². The number of carbonyl (C=O) groups is 1. The number of rotatable bonds is 5. The highest BCUT2D eigenvalue weighted by atomic mass is 16.2. The largest absolute Gasteiger partial charge is 0.353 e. The number of hydrogen-bond acceptors (Lipinski definition) is 2. The summed E-state index contributed by atoms with van der Waals surface area (Å²) in [6.07, 6.45) is 5.62. The van der Waals surface area contributed by atoms with Crippen molar-refractivity contribution < 1.29 is 4.79 Å². The first-order valence-corrected chi connectivity index (χ1v) is 8.36. The highest BCUT2D eigenvalue weighted by molar-refractivity contribution is 5.83. The van der Waals surface area contributed by atoms with E-state index in [0.29, 0.717) is 18.0 Å². The molecule has 0 aromatic heterocycles. The Labute approximate surface area is 127 Å². The molecule has 2 aliphatic rings. The SMILES string of the molecule is CCNC1CCC(NC(=O)C2CC2c2ccccc2)CC1. The molecular weight excluding hydrogens is 260 g/mol. The Morgan fingerprint density at radius 1 is 1.10 bits per heavy atom. The molecule has 0 radical (unpaired) electrons. The van der Waals surface area contributed by atoms with Crippen LogP contribution >= 0.6 is 0 Å². The second-order valence-corrected chi connectivity index (χ2v) is 6.47. The quantitative estimate of drug-likeness (QED) is 0.874. The van der Waals surface area contributed by atoms with Gasteiger partial charge in [-0.1, -0.05) is 37.3 Å². The molecule has 2 N–H and O–H groups in total. The van der Waals surface area contributed by atoms with Crippen LogP contribution in [-0.2, 0) is 4.79 Å². The molecule has 0 heterocycles. The molecule has 2 saturated carbocycles. The predicted molar refractivity (Wildman–Crippen MR) is 85.2 cm³/mol. The molecule has 0 saturated heterocycles. The Hall–Kier alpha value is -1.35. The van der Waals surface area contributed by atoms with Gasteiger partial charge in [0.15, 0.2) is 0 Å². The maximum atomic E-state index is 12.3. The van der Waals surface area contributed by atoms with E-state index in [2.05, 4.69) is 41.8 Å². The molecule has 1 aromatic rings. The lowest BCUT2D eigenvalue weighted by Crippen LogP contribution is -2.42. The Kier molecular flexibility index (Phi) is 4.59. The van der Waals surface area contributed by atoms with Gasteiger partial charge < -0.3 is 10.6 Å². The van der Waals surface area contributed by atoms with Gasteiger partial charge in [-0.3, -0.25) is 4.79 Å². The summed E-state index contributed by atoms with van der Waals surface area (Å²) in [6.45, 7) is 3.20. The Bertz CT molecular complexity index is 465. The van der Waals surface area contributed by atoms with Crippen LogP contribution in [0.4, 0.5) is 0 Å². The Balaban J connectivity index is 1.44. The van der Waals surface area contributed by atoms with Crippen LogP contribution in [0.3, 0.4) is 0 Å². The van der Waals surface area contributed by atoms with Gasteiger partial charge >= 0.3 is 0 Å². The second-order valence-electron chi connectivity index (χ2n) is 6.47. The zero-order valence-electron chi connectivity index (χ0n) is 12.8. The van der Waals surface area contributed by atoms with Gasteiger partial charge in [-0.25, -0.2) is 0 Å². The third-order valence-electron chi connectivity index (χ3n) is 4.92. The molecule has 3 rings (SSSR count). The summed E-state index contributed by atoms with van der Waals surface area (Å²) in [5.41, 5.74) is 1.31. The number of benzene rings is 1. The molecule has 114 valence electrons. The van der Waals surface area contributed by atoms with Gasteiger partial charge in [0.25, 0.3) is 0 Å². The summed E-state index contributed by atoms with van der Waals surface area (Å²) in [4.78, 5) is 12.3. The average Bonchev–Trinajstić information content (AvgIpc) is 3.31. The molecule has 2 aliphatic carbocycles. The number of hydrogen-bond donors (Lipinski definition) is 2. The molecule has 0 aliphatic heterocycles. The van der Waals surface area contributed by atoms with Crippen molar-refractivity contribution in [2.75, 3.05) is 6.54 Å². The predicted octanol–water partition coefficient (Wildman–Crippen LogP) is 2.83. The number of nitrogens with one attached hydrogen (secondary N) is 2. The molecule has 2 fully saturated rings. The van der Waals surface area contributed by atoms with Crippen molar-refractivity contribution in [2.45, 2.75) is 57.0 Å². The maximum absolute atomic E-state index is 12.3. The number of amides is 1. The summed E-state index contributed by atoms with van der Waals surface area (Å²) >= 11 is 0. The van der Waals surface area contributed by atoms with Crippen LogP contribution in [0, 0.1) is 5.92 Å². The summed E-state index contributed by atoms with van der Waals surface area (Å²) in [6, 6.07) is 11.5. The third kappa shape index (κ3) is 3.65. The molecule has 1 amide bonds. The van der Waals surface area contributed by atoms with E-state index in [4.69, 9.17) is 0 Å². The maximum Gasteiger partial charge on any atom is 0.223 e. The molecular formula is C18H26N2O. The van der Waals surface area contributed by atoms with Crippen molar-refractivity contribution in [1.29, 1.82) is 0 Å². The molecule has 2 unspecified atom stereocenters. The average molecular weight is 286 g/mol. The van der Waals surface area contributed by atoms with Gasteiger partial charge in [0, 0.05) is 18.0 Å². The van der Waals surface area contributed by atoms with Gasteiger partial charge in [-0.15, -0.1) is 0 Å². The van der Waals surface area contributed by atoms with Gasteiger partial charge in [0.2, 0.25) is 5.91 Å². The zero-order valence-corrected chi connectivity index (χ0v) is 12.8. The van der Waals surface area contributed by atoms with E-state index >= 15 is 0 Å². The minimum atomic E-state index is 0.207. The molecule has 21 heavy (non-hydrogen) atoms. The lowest BCUT2D eigenvalue weighted by Gasteiger charge is -2.29. The summed E-state index contributed by atoms with van der Waals surface area (Å²) in [7, 11) is 0. The smallest absolute Gasteiger partial charge is 0.223 e. The van der Waals surface area contributed by atoms with Crippen LogP contribution in [0.2, 0.25) is 0 Å². The first-order chi connectivity index (χ1) is 10.3. The first-order valence-electron chi connectivity index (χ1n) is 8.36. The van der Waals surface area contributed by atoms with Crippen LogP contribution in [0.25, 0.3) is 0 Å². The van der Waals surface area contributed by atoms with Crippen LogP contribution in [0.5, 0.6) is 0 Å². The van der Waals surface area contributed by atoms with Crippen LogP contribution in [-0.4, -0.2) is 24.5 Å². The highest BCUT2D eigenvalue weighted by Crippen LogP contribution is 2.47. The van der Waals surface area contributed by atoms with Crippen molar-refractivity contribution in [3.63, 3.8) is 0 Å². The minimum absolute atomic E-state index is 0.207. The lowest BCUT2D eigenvalue weighted by molar-refractivity contribution is -0.123. The fraction of sp³-hybridized carbons (Fsp3) is 0.611. The van der Waals surface area contributed by atoms with Gasteiger partial charge in [-0.05, 0) is 50.1 Å². The van der Waals surface area contributed by atoms with Gasteiger partial charge in [0.05, 0.1) is 0 Å². The standard InChI is InChI=1S/C18H26N2O/c1-2-19-14-8-10-15(11-9-14)20-18(21)17-12-16(17)13-6-4-3-5-7-13/h3-7,14-17,19H,2,8-12H2,1H3,(H,20,21). The van der Waals surface area contributed by atoms with Gasteiger partial charge in [0.1, 0.15) is 0 Å². The Morgan fingerprint density at radius 2 is 1.76 bits per heavy atom. The van der Waals surface area contributed by atoms with Crippen LogP contribution in [0.15, 0.2) is 30.3 Å². The van der Waals surface area contributed by atoms with Crippen molar-refractivity contribution in [2.24, 2.45) is 5.92 Å². The molecule has 3 heteroatoms. The van der Waals surface area contributed by atoms with Crippen molar-refractivity contribution >= 4 is 5.91 Å². The van der Waals surface area contributed by atoms with E-state index in [1.165, 1.54) is 18.4 Å². The highest BCUT2D eigenvalue weighted by Gasteiger charge is 2.44. The molecule has 0 bridgehead atoms. The molecule has 3 nitrogen and oxygen atoms in total. The van der Waals surface area contributed by atoms with Gasteiger partial charge in [-0.2, -0.15) is 0 Å². The molecule has 0 spiro atoms. The van der Waals surface area contributed by atoms with Crippen molar-refractivity contribution in [3.8, 4) is 0 Å². The van der Waals surface area contributed by atoms with Crippen LogP contribution in [0.1, 0.15) is 50.5 Å². The van der Waals surface area contributed by atoms with E-state index in [-0.39, 0.29) is 11.8 Å². The fourth-order valence-corrected chi connectivity index (χ4v) is 3.59. The van der Waals surface area contributed by atoms with E-state index in [1.807, 2.05) is 6.07 Å². The fourth-order valence-electron chi connectivity index (χ4n) is 3.59. The normalized spacial score (nSPS) is 31.7. The van der Waals surface area contributed by atoms with E-state index in [9.17, 15) is 4.79 Å². The summed E-state index contributed by atoms with van der Waals surface area (Å²) in [5, 5.41) is 6.79. The summed E-state index contributed by atoms with van der Waals surface area (Å²) < 4.78 is 0. The minimum Gasteiger partial charge on any atom is -0.353 e. The van der Waals surface area contributed by atoms with E-state index < -0.39 is 0 Å². The van der Waals surface area contributed by atoms with E-state index in [0.717, 1.165) is 25.8 Å². The first kappa shape index (κ1) is 14.6. The van der Waals surface area contributed by atoms with Crippen molar-refractivity contribution in [3.05, 3.63) is 35.9 Å². The third-order valence-corrected chi connectivity index (χ3v) is 4.92. The summed E-state index contributed by atoms with van der Waals surface area (Å²) in [5.74, 6) is 0.930. The monoisotopic (exact) mass is 286 g/mol. The Morgan fingerprint density at radius 3 is 2.43 bits per heavy atom. The lowest BCUT2D eigenvalue weighted by atomic mass is 9.91. The van der Waals surface area contributed by atoms with Crippen LogP contribution < -0.4 is 10.6 Å². The molecule has 1 aromatic carbocycles. The molecule has 2 atom stereocenters. The topological polar surface area (TPSA) is 41.1 Å². The number of carbonyl (C=O) groups excluding carboxylic acids is 1.